The van der Waals surface area contributed by atoms with Crippen molar-refractivity contribution in [1.29, 1.82) is 0 Å². The minimum atomic E-state index is -0.0421. The summed E-state index contributed by atoms with van der Waals surface area (Å²) >= 11 is 0. The molecule has 0 unspecified atom stereocenters. The second-order valence-electron chi connectivity index (χ2n) is 8.24. The molecule has 0 fully saturated rings. The Labute approximate surface area is 200 Å². The zero-order valence-corrected chi connectivity index (χ0v) is 18.7. The van der Waals surface area contributed by atoms with E-state index in [-0.39, 0.29) is 23.1 Å². The lowest BCUT2D eigenvalue weighted by Crippen LogP contribution is -2.02. The number of hydrogen-bond acceptors (Lipinski definition) is 7. The standard InChI is InChI=1S/C28H19N5O2/c1-16-10-12-17(13-11-16)26-31-27(24-18-6-2-4-8-20(18)29-14-22(24)34)33-28(32-26)25-19-7-3-5-9-21(19)30-15-23(25)35/h2-15,34-35H,1H3. The predicted molar refractivity (Wildman–Crippen MR) is 135 cm³/mol. The van der Waals surface area contributed by atoms with Crippen molar-refractivity contribution in [2.75, 3.05) is 0 Å². The van der Waals surface area contributed by atoms with E-state index in [4.69, 9.17) is 15.0 Å². The molecule has 0 bridgehead atoms. The third-order valence-corrected chi connectivity index (χ3v) is 5.90. The molecule has 0 saturated heterocycles. The van der Waals surface area contributed by atoms with Crippen LogP contribution < -0.4 is 0 Å². The fourth-order valence-corrected chi connectivity index (χ4v) is 4.16. The van der Waals surface area contributed by atoms with Crippen LogP contribution in [0.3, 0.4) is 0 Å². The summed E-state index contributed by atoms with van der Waals surface area (Å²) < 4.78 is 0. The van der Waals surface area contributed by atoms with Crippen LogP contribution in [0.15, 0.2) is 85.2 Å². The molecule has 7 heteroatoms. The van der Waals surface area contributed by atoms with E-state index in [2.05, 4.69) is 9.97 Å². The topological polar surface area (TPSA) is 105 Å². The Morgan fingerprint density at radius 1 is 0.543 bits per heavy atom. The van der Waals surface area contributed by atoms with Crippen molar-refractivity contribution in [1.82, 2.24) is 24.9 Å². The van der Waals surface area contributed by atoms with Gasteiger partial charge in [-0.05, 0) is 19.1 Å². The highest BCUT2D eigenvalue weighted by Gasteiger charge is 2.20. The quantitative estimate of drug-likeness (QED) is 0.352. The number of aromatic nitrogens is 5. The highest BCUT2D eigenvalue weighted by atomic mass is 16.3. The SMILES string of the molecule is Cc1ccc(-c2nc(-c3c(O)cnc4ccccc34)nc(-c3c(O)cnc4ccccc34)n2)cc1. The first-order chi connectivity index (χ1) is 17.1. The molecule has 0 radical (unpaired) electrons. The molecule has 0 spiro atoms. The van der Waals surface area contributed by atoms with Gasteiger partial charge in [-0.3, -0.25) is 9.97 Å². The first-order valence-electron chi connectivity index (χ1n) is 11.1. The minimum Gasteiger partial charge on any atom is -0.506 e. The van der Waals surface area contributed by atoms with E-state index in [1.165, 1.54) is 12.4 Å². The van der Waals surface area contributed by atoms with Gasteiger partial charge >= 0.3 is 0 Å². The monoisotopic (exact) mass is 457 g/mol. The molecular weight excluding hydrogens is 438 g/mol. The van der Waals surface area contributed by atoms with Crippen LogP contribution in [0.4, 0.5) is 0 Å². The highest BCUT2D eigenvalue weighted by molar-refractivity contribution is 5.98. The second-order valence-corrected chi connectivity index (χ2v) is 8.24. The first kappa shape index (κ1) is 20.7. The average molecular weight is 457 g/mol. The summed E-state index contributed by atoms with van der Waals surface area (Å²) in [4.78, 5) is 22.9. The zero-order chi connectivity index (χ0) is 23.9. The molecule has 3 aromatic heterocycles. The maximum absolute atomic E-state index is 10.8. The van der Waals surface area contributed by atoms with E-state index in [0.29, 0.717) is 38.8 Å². The Kier molecular flexibility index (Phi) is 4.81. The molecule has 0 aliphatic heterocycles. The van der Waals surface area contributed by atoms with E-state index in [9.17, 15) is 10.2 Å². The maximum Gasteiger partial charge on any atom is 0.168 e. The lowest BCUT2D eigenvalue weighted by molar-refractivity contribution is 0.475. The Hall–Kier alpha value is -4.91. The minimum absolute atomic E-state index is 0.0421. The number of pyridine rings is 2. The number of fused-ring (bicyclic) bond motifs is 2. The molecule has 168 valence electrons. The summed E-state index contributed by atoms with van der Waals surface area (Å²) in [5, 5.41) is 23.1. The average Bonchev–Trinajstić information content (AvgIpc) is 2.88. The van der Waals surface area contributed by atoms with Gasteiger partial charge in [0.2, 0.25) is 0 Å². The molecular formula is C28H19N5O2. The van der Waals surface area contributed by atoms with Crippen molar-refractivity contribution in [3.8, 4) is 45.7 Å². The number of hydrogen-bond donors (Lipinski definition) is 2. The Morgan fingerprint density at radius 2 is 1.00 bits per heavy atom. The lowest BCUT2D eigenvalue weighted by Gasteiger charge is -2.13. The predicted octanol–water partition coefficient (Wildman–Crippen LogP) is 5.69. The van der Waals surface area contributed by atoms with Gasteiger partial charge in [-0.1, -0.05) is 66.2 Å². The molecule has 6 rings (SSSR count). The molecule has 3 aromatic carbocycles. The highest BCUT2D eigenvalue weighted by Crippen LogP contribution is 2.38. The van der Waals surface area contributed by atoms with E-state index in [1.807, 2.05) is 79.7 Å². The van der Waals surface area contributed by atoms with E-state index < -0.39 is 0 Å². The Balaban J connectivity index is 1.69. The lowest BCUT2D eigenvalue weighted by atomic mass is 10.1. The summed E-state index contributed by atoms with van der Waals surface area (Å²) in [6.45, 7) is 2.01. The van der Waals surface area contributed by atoms with Crippen molar-refractivity contribution >= 4 is 21.8 Å². The number of para-hydroxylation sites is 2. The second kappa shape index (κ2) is 8.14. The smallest absolute Gasteiger partial charge is 0.168 e. The first-order valence-corrected chi connectivity index (χ1v) is 11.1. The fraction of sp³-hybridized carbons (Fsp3) is 0.0357. The molecule has 3 heterocycles. The van der Waals surface area contributed by atoms with Crippen molar-refractivity contribution in [2.24, 2.45) is 0 Å². The summed E-state index contributed by atoms with van der Waals surface area (Å²) in [5.74, 6) is 0.897. The molecule has 0 atom stereocenters. The van der Waals surface area contributed by atoms with Crippen LogP contribution in [-0.2, 0) is 0 Å². The molecule has 0 aliphatic carbocycles. The molecule has 0 amide bonds. The summed E-state index contributed by atoms with van der Waals surface area (Å²) in [7, 11) is 0. The van der Waals surface area contributed by atoms with E-state index >= 15 is 0 Å². The van der Waals surface area contributed by atoms with Crippen LogP contribution in [0.5, 0.6) is 11.5 Å². The molecule has 0 aliphatic rings. The van der Waals surface area contributed by atoms with Gasteiger partial charge < -0.3 is 10.2 Å². The van der Waals surface area contributed by atoms with Crippen LogP contribution >= 0.6 is 0 Å². The molecule has 2 N–H and O–H groups in total. The van der Waals surface area contributed by atoms with Crippen molar-refractivity contribution in [3.05, 3.63) is 90.8 Å². The molecule has 6 aromatic rings. The van der Waals surface area contributed by atoms with Crippen molar-refractivity contribution in [2.45, 2.75) is 6.92 Å². The van der Waals surface area contributed by atoms with Crippen molar-refractivity contribution in [3.63, 3.8) is 0 Å². The number of benzene rings is 3. The summed E-state index contributed by atoms with van der Waals surface area (Å²) in [6, 6.07) is 22.8. The van der Waals surface area contributed by atoms with Gasteiger partial charge in [-0.2, -0.15) is 0 Å². The van der Waals surface area contributed by atoms with Gasteiger partial charge in [0.05, 0.1) is 34.6 Å². The van der Waals surface area contributed by atoms with Crippen LogP contribution in [0.25, 0.3) is 56.0 Å². The number of aryl methyl sites for hydroxylation is 1. The number of rotatable bonds is 3. The van der Waals surface area contributed by atoms with Crippen LogP contribution in [0.2, 0.25) is 0 Å². The van der Waals surface area contributed by atoms with Gasteiger partial charge in [-0.25, -0.2) is 15.0 Å². The van der Waals surface area contributed by atoms with Gasteiger partial charge in [0.15, 0.2) is 17.5 Å². The maximum atomic E-state index is 10.8. The normalized spacial score (nSPS) is 11.2. The third-order valence-electron chi connectivity index (χ3n) is 5.90. The third kappa shape index (κ3) is 3.59. The van der Waals surface area contributed by atoms with Crippen LogP contribution in [0, 0.1) is 6.92 Å². The zero-order valence-electron chi connectivity index (χ0n) is 18.7. The Bertz CT molecular complexity index is 1630. The molecule has 7 nitrogen and oxygen atoms in total. The Morgan fingerprint density at radius 3 is 1.51 bits per heavy atom. The fourth-order valence-electron chi connectivity index (χ4n) is 4.16. The van der Waals surface area contributed by atoms with E-state index in [0.717, 1.165) is 11.1 Å². The van der Waals surface area contributed by atoms with Gasteiger partial charge in [0, 0.05) is 16.3 Å². The summed E-state index contributed by atoms with van der Waals surface area (Å²) in [6.07, 6.45) is 2.79. The number of nitrogens with zero attached hydrogens (tertiary/aromatic N) is 5. The van der Waals surface area contributed by atoms with Gasteiger partial charge in [0.1, 0.15) is 11.5 Å². The van der Waals surface area contributed by atoms with Crippen molar-refractivity contribution < 1.29 is 10.2 Å². The molecule has 0 saturated carbocycles. The molecule has 35 heavy (non-hydrogen) atoms. The van der Waals surface area contributed by atoms with E-state index in [1.54, 1.807) is 0 Å². The van der Waals surface area contributed by atoms with Crippen LogP contribution in [-0.4, -0.2) is 35.1 Å². The number of aromatic hydroxyl groups is 2. The van der Waals surface area contributed by atoms with Gasteiger partial charge in [-0.15, -0.1) is 0 Å². The largest absolute Gasteiger partial charge is 0.506 e. The van der Waals surface area contributed by atoms with Crippen LogP contribution in [0.1, 0.15) is 5.56 Å². The summed E-state index contributed by atoms with van der Waals surface area (Å²) in [5.41, 5.74) is 4.21. The van der Waals surface area contributed by atoms with Gasteiger partial charge in [0.25, 0.3) is 0 Å².